The van der Waals surface area contributed by atoms with Crippen molar-refractivity contribution >= 4 is 5.97 Å². The molecule has 3 aliphatic rings. The van der Waals surface area contributed by atoms with E-state index in [4.69, 9.17) is 4.74 Å². The molecule has 3 aliphatic carbocycles. The Bertz CT molecular complexity index is 779. The SMILES string of the molecule is C[C@]1(OC(=O)C2c3ccccc3-c3ccccc32)C[C@@H]2CC[C@H]1C2. The van der Waals surface area contributed by atoms with Crippen molar-refractivity contribution in [3.05, 3.63) is 59.7 Å². The molecule has 122 valence electrons. The van der Waals surface area contributed by atoms with Gasteiger partial charge in [-0.25, -0.2) is 0 Å². The van der Waals surface area contributed by atoms with Gasteiger partial charge in [-0.3, -0.25) is 4.79 Å². The zero-order chi connectivity index (χ0) is 16.3. The number of hydrogen-bond donors (Lipinski definition) is 0. The van der Waals surface area contributed by atoms with Gasteiger partial charge in [0.05, 0.1) is 0 Å². The second-order valence-corrected chi connectivity index (χ2v) is 7.92. The highest BCUT2D eigenvalue weighted by Gasteiger charge is 2.51. The first kappa shape index (κ1) is 14.3. The molecule has 2 nitrogen and oxygen atoms in total. The molecule has 0 aromatic heterocycles. The second kappa shape index (κ2) is 4.95. The molecule has 0 aliphatic heterocycles. The van der Waals surface area contributed by atoms with E-state index in [1.54, 1.807) is 0 Å². The Hall–Kier alpha value is -2.09. The third-order valence-electron chi connectivity index (χ3n) is 6.50. The zero-order valence-electron chi connectivity index (χ0n) is 14.0. The number of carbonyl (C=O) groups is 1. The average Bonchev–Trinajstić information content (AvgIpc) is 3.25. The lowest BCUT2D eigenvalue weighted by Gasteiger charge is -2.34. The molecule has 0 unspecified atom stereocenters. The van der Waals surface area contributed by atoms with Crippen LogP contribution in [-0.4, -0.2) is 11.6 Å². The molecule has 2 bridgehead atoms. The fourth-order valence-corrected chi connectivity index (χ4v) is 5.38. The Balaban J connectivity index is 1.51. The summed E-state index contributed by atoms with van der Waals surface area (Å²) in [5, 5.41) is 0. The van der Waals surface area contributed by atoms with E-state index in [1.807, 2.05) is 24.3 Å². The summed E-state index contributed by atoms with van der Waals surface area (Å²) in [5.41, 5.74) is 4.28. The molecule has 2 saturated carbocycles. The van der Waals surface area contributed by atoms with E-state index in [0.29, 0.717) is 5.92 Å². The Labute approximate surface area is 142 Å². The topological polar surface area (TPSA) is 26.3 Å². The van der Waals surface area contributed by atoms with Crippen LogP contribution < -0.4 is 0 Å². The summed E-state index contributed by atoms with van der Waals surface area (Å²) in [4.78, 5) is 13.2. The van der Waals surface area contributed by atoms with Crippen LogP contribution in [0.4, 0.5) is 0 Å². The van der Waals surface area contributed by atoms with E-state index >= 15 is 0 Å². The van der Waals surface area contributed by atoms with Crippen molar-refractivity contribution in [2.24, 2.45) is 11.8 Å². The molecule has 0 heterocycles. The first-order valence-corrected chi connectivity index (χ1v) is 9.07. The number of esters is 1. The molecular formula is C22H22O2. The number of fused-ring (bicyclic) bond motifs is 5. The number of ether oxygens (including phenoxy) is 1. The highest BCUT2D eigenvalue weighted by molar-refractivity contribution is 5.93. The van der Waals surface area contributed by atoms with E-state index < -0.39 is 0 Å². The summed E-state index contributed by atoms with van der Waals surface area (Å²) in [7, 11) is 0. The average molecular weight is 318 g/mol. The Morgan fingerprint density at radius 1 is 1.00 bits per heavy atom. The second-order valence-electron chi connectivity index (χ2n) is 7.92. The predicted molar refractivity (Wildman–Crippen MR) is 93.7 cm³/mol. The van der Waals surface area contributed by atoms with Crippen LogP contribution in [0, 0.1) is 11.8 Å². The fraction of sp³-hybridized carbons (Fsp3) is 0.409. The lowest BCUT2D eigenvalue weighted by Crippen LogP contribution is -2.38. The largest absolute Gasteiger partial charge is 0.458 e. The molecule has 0 radical (unpaired) electrons. The van der Waals surface area contributed by atoms with Gasteiger partial charge in [0.1, 0.15) is 11.5 Å². The Morgan fingerprint density at radius 3 is 2.17 bits per heavy atom. The van der Waals surface area contributed by atoms with Gasteiger partial charge in [-0.1, -0.05) is 48.5 Å². The van der Waals surface area contributed by atoms with Crippen molar-refractivity contribution < 1.29 is 9.53 Å². The van der Waals surface area contributed by atoms with Crippen LogP contribution in [0.2, 0.25) is 0 Å². The van der Waals surface area contributed by atoms with Crippen LogP contribution >= 0.6 is 0 Å². The van der Waals surface area contributed by atoms with Crippen LogP contribution in [0.3, 0.4) is 0 Å². The lowest BCUT2D eigenvalue weighted by molar-refractivity contribution is -0.164. The van der Waals surface area contributed by atoms with Crippen LogP contribution in [0.25, 0.3) is 11.1 Å². The molecule has 5 rings (SSSR count). The summed E-state index contributed by atoms with van der Waals surface area (Å²) in [5.74, 6) is 0.977. The third kappa shape index (κ3) is 1.92. The Kier molecular flexibility index (Phi) is 2.94. The van der Waals surface area contributed by atoms with Gasteiger partial charge in [0.25, 0.3) is 0 Å². The Morgan fingerprint density at radius 2 is 1.62 bits per heavy atom. The van der Waals surface area contributed by atoms with E-state index in [1.165, 1.54) is 30.4 Å². The first-order chi connectivity index (χ1) is 11.7. The molecule has 0 amide bonds. The maximum atomic E-state index is 13.2. The molecule has 0 spiro atoms. The minimum atomic E-state index is -0.270. The van der Waals surface area contributed by atoms with Gasteiger partial charge in [-0.2, -0.15) is 0 Å². The van der Waals surface area contributed by atoms with Gasteiger partial charge in [-0.05, 0) is 66.7 Å². The van der Waals surface area contributed by atoms with Crippen molar-refractivity contribution in [2.45, 2.75) is 44.1 Å². The van der Waals surface area contributed by atoms with Crippen LogP contribution in [-0.2, 0) is 9.53 Å². The van der Waals surface area contributed by atoms with Crippen molar-refractivity contribution in [3.63, 3.8) is 0 Å². The molecular weight excluding hydrogens is 296 g/mol. The number of hydrogen-bond acceptors (Lipinski definition) is 2. The van der Waals surface area contributed by atoms with Crippen molar-refractivity contribution in [2.75, 3.05) is 0 Å². The highest BCUT2D eigenvalue weighted by atomic mass is 16.6. The highest BCUT2D eigenvalue weighted by Crippen LogP contribution is 2.53. The van der Waals surface area contributed by atoms with Gasteiger partial charge in [0, 0.05) is 0 Å². The first-order valence-electron chi connectivity index (χ1n) is 9.07. The van der Waals surface area contributed by atoms with Gasteiger partial charge >= 0.3 is 5.97 Å². The summed E-state index contributed by atoms with van der Waals surface area (Å²) in [6.45, 7) is 2.15. The van der Waals surface area contributed by atoms with E-state index in [2.05, 4.69) is 31.2 Å². The van der Waals surface area contributed by atoms with E-state index in [0.717, 1.165) is 23.5 Å². The van der Waals surface area contributed by atoms with Gasteiger partial charge in [-0.15, -0.1) is 0 Å². The fourth-order valence-electron chi connectivity index (χ4n) is 5.38. The monoisotopic (exact) mass is 318 g/mol. The normalized spacial score (nSPS) is 30.2. The molecule has 2 fully saturated rings. The quantitative estimate of drug-likeness (QED) is 0.735. The van der Waals surface area contributed by atoms with Crippen molar-refractivity contribution in [3.8, 4) is 11.1 Å². The molecule has 0 saturated heterocycles. The minimum absolute atomic E-state index is 0.0672. The summed E-state index contributed by atoms with van der Waals surface area (Å²) in [6, 6.07) is 16.5. The smallest absolute Gasteiger partial charge is 0.318 e. The third-order valence-corrected chi connectivity index (χ3v) is 6.50. The molecule has 24 heavy (non-hydrogen) atoms. The zero-order valence-corrected chi connectivity index (χ0v) is 14.0. The summed E-state index contributed by atoms with van der Waals surface area (Å²) < 4.78 is 6.19. The van der Waals surface area contributed by atoms with E-state index in [-0.39, 0.29) is 17.5 Å². The lowest BCUT2D eigenvalue weighted by atomic mass is 9.85. The van der Waals surface area contributed by atoms with Gasteiger partial charge in [0.15, 0.2) is 0 Å². The number of carbonyl (C=O) groups excluding carboxylic acids is 1. The molecule has 2 heteroatoms. The molecule has 2 aromatic rings. The van der Waals surface area contributed by atoms with Crippen molar-refractivity contribution in [1.82, 2.24) is 0 Å². The van der Waals surface area contributed by atoms with Crippen LogP contribution in [0.1, 0.15) is 49.7 Å². The predicted octanol–water partition coefficient (Wildman–Crippen LogP) is 4.92. The summed E-state index contributed by atoms with van der Waals surface area (Å²) in [6.07, 6.45) is 4.81. The molecule has 3 atom stereocenters. The van der Waals surface area contributed by atoms with Gasteiger partial charge in [0.2, 0.25) is 0 Å². The number of benzene rings is 2. The maximum absolute atomic E-state index is 13.2. The van der Waals surface area contributed by atoms with E-state index in [9.17, 15) is 4.79 Å². The minimum Gasteiger partial charge on any atom is -0.458 e. The van der Waals surface area contributed by atoms with Crippen molar-refractivity contribution in [1.29, 1.82) is 0 Å². The molecule has 0 N–H and O–H groups in total. The maximum Gasteiger partial charge on any atom is 0.318 e. The van der Waals surface area contributed by atoms with Crippen LogP contribution in [0.5, 0.6) is 0 Å². The van der Waals surface area contributed by atoms with Gasteiger partial charge < -0.3 is 4.74 Å². The standard InChI is InChI=1S/C22H22O2/c1-22(13-14-10-11-15(22)12-14)24-21(23)20-18-8-4-2-6-16(18)17-7-3-5-9-19(17)20/h2-9,14-15,20H,10-13H2,1H3/t14-,15+,22+/m1/s1. The summed E-state index contributed by atoms with van der Waals surface area (Å²) >= 11 is 0. The number of rotatable bonds is 2. The molecule has 2 aromatic carbocycles. The van der Waals surface area contributed by atoms with Crippen LogP contribution in [0.15, 0.2) is 48.5 Å².